The van der Waals surface area contributed by atoms with Gasteiger partial charge in [0.2, 0.25) is 0 Å². The maximum absolute atomic E-state index is 9.87. The number of nitrogens with zero attached hydrogens (tertiary/aromatic N) is 1. The monoisotopic (exact) mass is 500 g/mol. The van der Waals surface area contributed by atoms with Gasteiger partial charge in [0.05, 0.1) is 14.2 Å². The Morgan fingerprint density at radius 3 is 2.32 bits per heavy atom. The first-order valence-electron chi connectivity index (χ1n) is 13.7. The number of phenolic OH excluding ortho intramolecular Hbond substituents is 1. The SMILES string of the molecule is COc1cc(NCCCc2ccc(CCN3CCC3)cc2)c(C2CCc3cc(O)ccc3C2)cc1OC. The number of phenols is 1. The molecule has 37 heavy (non-hydrogen) atoms. The second-order valence-corrected chi connectivity index (χ2v) is 10.5. The van der Waals surface area contributed by atoms with Crippen molar-refractivity contribution in [2.45, 2.75) is 50.9 Å². The lowest BCUT2D eigenvalue weighted by atomic mass is 9.79. The number of methoxy groups -OCH3 is 2. The number of likely N-dealkylation sites (tertiary alicyclic amines) is 1. The summed E-state index contributed by atoms with van der Waals surface area (Å²) < 4.78 is 11.3. The summed E-state index contributed by atoms with van der Waals surface area (Å²) in [5, 5.41) is 13.6. The van der Waals surface area contributed by atoms with Gasteiger partial charge in [-0.05, 0) is 110 Å². The van der Waals surface area contributed by atoms with Crippen molar-refractivity contribution in [1.82, 2.24) is 4.90 Å². The lowest BCUT2D eigenvalue weighted by Crippen LogP contribution is -2.38. The van der Waals surface area contributed by atoms with Crippen molar-refractivity contribution in [3.05, 3.63) is 82.4 Å². The van der Waals surface area contributed by atoms with Crippen LogP contribution < -0.4 is 14.8 Å². The summed E-state index contributed by atoms with van der Waals surface area (Å²) >= 11 is 0. The minimum absolute atomic E-state index is 0.354. The van der Waals surface area contributed by atoms with Gasteiger partial charge in [0.1, 0.15) is 5.75 Å². The van der Waals surface area contributed by atoms with Gasteiger partial charge in [-0.1, -0.05) is 30.3 Å². The molecule has 1 unspecified atom stereocenters. The maximum atomic E-state index is 9.87. The first-order valence-corrected chi connectivity index (χ1v) is 13.7. The van der Waals surface area contributed by atoms with Crippen LogP contribution in [0.15, 0.2) is 54.6 Å². The van der Waals surface area contributed by atoms with Crippen molar-refractivity contribution in [3.63, 3.8) is 0 Å². The molecule has 0 saturated carbocycles. The maximum Gasteiger partial charge on any atom is 0.162 e. The Balaban J connectivity index is 1.21. The molecule has 1 saturated heterocycles. The normalized spacial score (nSPS) is 17.1. The van der Waals surface area contributed by atoms with Crippen molar-refractivity contribution in [3.8, 4) is 17.2 Å². The summed E-state index contributed by atoms with van der Waals surface area (Å²) in [6, 6.07) is 19.2. The molecule has 5 nitrogen and oxygen atoms in total. The number of hydrogen-bond donors (Lipinski definition) is 2. The molecular formula is C32H40N2O3. The zero-order valence-corrected chi connectivity index (χ0v) is 22.3. The number of ether oxygens (including phenoxy) is 2. The van der Waals surface area contributed by atoms with Gasteiger partial charge in [-0.15, -0.1) is 0 Å². The summed E-state index contributed by atoms with van der Waals surface area (Å²) in [7, 11) is 3.39. The fraction of sp³-hybridized carbons (Fsp3) is 0.438. The summed E-state index contributed by atoms with van der Waals surface area (Å²) in [5.41, 5.74) is 7.83. The number of aromatic hydroxyl groups is 1. The second kappa shape index (κ2) is 11.9. The predicted octanol–water partition coefficient (Wildman–Crippen LogP) is 5.97. The molecule has 1 atom stereocenters. The van der Waals surface area contributed by atoms with Crippen LogP contribution in [0.3, 0.4) is 0 Å². The van der Waals surface area contributed by atoms with E-state index in [0.29, 0.717) is 11.7 Å². The van der Waals surface area contributed by atoms with E-state index in [-0.39, 0.29) is 0 Å². The fourth-order valence-electron chi connectivity index (χ4n) is 5.67. The Labute approximate surface area is 221 Å². The molecule has 1 fully saturated rings. The molecule has 5 rings (SSSR count). The number of rotatable bonds is 11. The summed E-state index contributed by atoms with van der Waals surface area (Å²) in [6.45, 7) is 4.62. The molecule has 0 radical (unpaired) electrons. The highest BCUT2D eigenvalue weighted by atomic mass is 16.5. The third-order valence-electron chi connectivity index (χ3n) is 8.06. The third-order valence-corrected chi connectivity index (χ3v) is 8.06. The number of hydrogen-bond acceptors (Lipinski definition) is 5. The van der Waals surface area contributed by atoms with Crippen molar-refractivity contribution in [2.75, 3.05) is 45.7 Å². The quantitative estimate of drug-likeness (QED) is 0.318. The number of anilines is 1. The van der Waals surface area contributed by atoms with Crippen LogP contribution in [-0.4, -0.2) is 50.4 Å². The summed E-state index contributed by atoms with van der Waals surface area (Å²) in [5.74, 6) is 2.27. The molecule has 3 aromatic carbocycles. The largest absolute Gasteiger partial charge is 0.508 e. The van der Waals surface area contributed by atoms with Crippen molar-refractivity contribution in [2.24, 2.45) is 0 Å². The highest BCUT2D eigenvalue weighted by Gasteiger charge is 2.24. The third kappa shape index (κ3) is 6.22. The van der Waals surface area contributed by atoms with E-state index in [1.54, 1.807) is 20.3 Å². The van der Waals surface area contributed by atoms with E-state index in [2.05, 4.69) is 52.7 Å². The molecule has 0 amide bonds. The lowest BCUT2D eigenvalue weighted by Gasteiger charge is -2.30. The number of benzene rings is 3. The van der Waals surface area contributed by atoms with Crippen LogP contribution in [0.1, 0.15) is 53.0 Å². The van der Waals surface area contributed by atoms with Crippen molar-refractivity contribution >= 4 is 5.69 Å². The van der Waals surface area contributed by atoms with E-state index in [9.17, 15) is 5.11 Å². The van der Waals surface area contributed by atoms with Gasteiger partial charge in [0.25, 0.3) is 0 Å². The average Bonchev–Trinajstić information content (AvgIpc) is 2.90. The number of fused-ring (bicyclic) bond motifs is 1. The van der Waals surface area contributed by atoms with Gasteiger partial charge in [-0.3, -0.25) is 0 Å². The molecule has 1 aliphatic carbocycles. The molecule has 0 bridgehead atoms. The molecule has 0 aromatic heterocycles. The summed E-state index contributed by atoms with van der Waals surface area (Å²) in [6.07, 6.45) is 7.61. The Hall–Kier alpha value is -3.18. The zero-order chi connectivity index (χ0) is 25.6. The summed E-state index contributed by atoms with van der Waals surface area (Å²) in [4.78, 5) is 2.53. The lowest BCUT2D eigenvalue weighted by molar-refractivity contribution is 0.184. The van der Waals surface area contributed by atoms with Crippen LogP contribution in [-0.2, 0) is 25.7 Å². The highest BCUT2D eigenvalue weighted by molar-refractivity contribution is 5.62. The van der Waals surface area contributed by atoms with Crippen molar-refractivity contribution < 1.29 is 14.6 Å². The van der Waals surface area contributed by atoms with E-state index in [4.69, 9.17) is 9.47 Å². The average molecular weight is 501 g/mol. The Kier molecular flexibility index (Phi) is 8.20. The molecule has 2 aliphatic rings. The standard InChI is InChI=1S/C32H40N2O3/c1-36-31-21-29(27-11-10-26-20-28(35)13-12-25(26)19-27)30(22-32(31)37-2)33-15-3-5-23-6-8-24(9-7-23)14-18-34-16-4-17-34/h6-9,12-13,20-22,27,33,35H,3-5,10-11,14-19H2,1-2H3. The predicted molar refractivity (Wildman–Crippen MR) is 150 cm³/mol. The first-order chi connectivity index (χ1) is 18.1. The zero-order valence-electron chi connectivity index (χ0n) is 22.3. The van der Waals surface area contributed by atoms with E-state index < -0.39 is 0 Å². The van der Waals surface area contributed by atoms with Gasteiger partial charge >= 0.3 is 0 Å². The number of nitrogens with one attached hydrogen (secondary N) is 1. The second-order valence-electron chi connectivity index (χ2n) is 10.5. The first kappa shape index (κ1) is 25.5. The number of aryl methyl sites for hydroxylation is 2. The van der Waals surface area contributed by atoms with Crippen LogP contribution >= 0.6 is 0 Å². The Morgan fingerprint density at radius 2 is 1.62 bits per heavy atom. The highest BCUT2D eigenvalue weighted by Crippen LogP contribution is 2.42. The van der Waals surface area contributed by atoms with Crippen LogP contribution in [0.25, 0.3) is 0 Å². The van der Waals surface area contributed by atoms with Gasteiger partial charge in [0.15, 0.2) is 11.5 Å². The van der Waals surface area contributed by atoms with Crippen LogP contribution in [0.2, 0.25) is 0 Å². The molecule has 2 N–H and O–H groups in total. The van der Waals surface area contributed by atoms with Gasteiger partial charge in [-0.25, -0.2) is 0 Å². The van der Waals surface area contributed by atoms with E-state index in [0.717, 1.165) is 62.3 Å². The van der Waals surface area contributed by atoms with E-state index in [1.165, 1.54) is 53.9 Å². The molecule has 196 valence electrons. The fourth-order valence-corrected chi connectivity index (χ4v) is 5.67. The smallest absolute Gasteiger partial charge is 0.162 e. The Bertz CT molecular complexity index is 1190. The Morgan fingerprint density at radius 1 is 0.892 bits per heavy atom. The minimum Gasteiger partial charge on any atom is -0.508 e. The molecule has 0 spiro atoms. The van der Waals surface area contributed by atoms with Crippen molar-refractivity contribution in [1.29, 1.82) is 0 Å². The topological polar surface area (TPSA) is 54.0 Å². The molecule has 3 aromatic rings. The van der Waals surface area contributed by atoms with Gasteiger partial charge in [0, 0.05) is 24.8 Å². The molecular weight excluding hydrogens is 460 g/mol. The van der Waals surface area contributed by atoms with E-state index >= 15 is 0 Å². The minimum atomic E-state index is 0.354. The van der Waals surface area contributed by atoms with Crippen LogP contribution in [0, 0.1) is 0 Å². The molecule has 1 heterocycles. The van der Waals surface area contributed by atoms with Gasteiger partial charge < -0.3 is 24.8 Å². The van der Waals surface area contributed by atoms with Gasteiger partial charge in [-0.2, -0.15) is 0 Å². The van der Waals surface area contributed by atoms with E-state index in [1.807, 2.05) is 6.07 Å². The van der Waals surface area contributed by atoms with Crippen LogP contribution in [0.5, 0.6) is 17.2 Å². The molecule has 5 heteroatoms. The molecule has 1 aliphatic heterocycles. The van der Waals surface area contributed by atoms with Crippen LogP contribution in [0.4, 0.5) is 5.69 Å².